The molecule has 0 saturated carbocycles. The van der Waals surface area contributed by atoms with E-state index in [9.17, 15) is 9.18 Å². The second-order valence-electron chi connectivity index (χ2n) is 6.33. The van der Waals surface area contributed by atoms with Gasteiger partial charge in [0.15, 0.2) is 15.8 Å². The van der Waals surface area contributed by atoms with Gasteiger partial charge in [0.1, 0.15) is 0 Å². The van der Waals surface area contributed by atoms with Gasteiger partial charge in [-0.15, -0.1) is 11.3 Å². The van der Waals surface area contributed by atoms with Crippen LogP contribution in [0.15, 0.2) is 58.1 Å². The summed E-state index contributed by atoms with van der Waals surface area (Å²) in [5.41, 5.74) is 4.01. The highest BCUT2D eigenvalue weighted by Gasteiger charge is 2.13. The Hall–Kier alpha value is -3.28. The average molecular weight is 504 g/mol. The maximum atomic E-state index is 13.8. The normalized spacial score (nSPS) is 11.1. The number of hydrazone groups is 1. The summed E-state index contributed by atoms with van der Waals surface area (Å²) in [6.45, 7) is 0. The summed E-state index contributed by atoms with van der Waals surface area (Å²) < 4.78 is 26.4. The van der Waals surface area contributed by atoms with Crippen LogP contribution in [0, 0.1) is 5.82 Å². The van der Waals surface area contributed by atoms with Crippen LogP contribution in [-0.4, -0.2) is 39.9 Å². The van der Waals surface area contributed by atoms with Crippen molar-refractivity contribution in [3.8, 4) is 17.4 Å². The van der Waals surface area contributed by atoms with Gasteiger partial charge in [-0.2, -0.15) is 14.5 Å². The molecule has 168 valence electrons. The van der Waals surface area contributed by atoms with Crippen molar-refractivity contribution < 1.29 is 18.7 Å². The maximum absolute atomic E-state index is 13.8. The second-order valence-corrected chi connectivity index (χ2v) is 8.93. The number of hydrogen-bond donors (Lipinski definition) is 1. The van der Waals surface area contributed by atoms with Crippen LogP contribution in [0.4, 0.5) is 4.39 Å². The first kappa shape index (κ1) is 22.9. The predicted molar refractivity (Wildman–Crippen MR) is 126 cm³/mol. The summed E-state index contributed by atoms with van der Waals surface area (Å²) in [7, 11) is 1.44. The van der Waals surface area contributed by atoms with Crippen molar-refractivity contribution >= 4 is 57.0 Å². The molecule has 8 nitrogen and oxygen atoms in total. The Morgan fingerprint density at radius 2 is 2.12 bits per heavy atom. The molecule has 0 aliphatic heterocycles. The Kier molecular flexibility index (Phi) is 7.33. The van der Waals surface area contributed by atoms with Gasteiger partial charge in [0, 0.05) is 0 Å². The second kappa shape index (κ2) is 10.6. The molecule has 12 heteroatoms. The zero-order valence-electron chi connectivity index (χ0n) is 17.0. The van der Waals surface area contributed by atoms with Crippen LogP contribution in [0.1, 0.15) is 5.56 Å². The summed E-state index contributed by atoms with van der Waals surface area (Å²) in [5, 5.41) is 3.81. The van der Waals surface area contributed by atoms with Crippen LogP contribution in [0.25, 0.3) is 10.2 Å². The van der Waals surface area contributed by atoms with Gasteiger partial charge < -0.3 is 9.47 Å². The number of para-hydroxylation sites is 1. The standard InChI is InChI=1S/C21H15ClFN5O3S2/c1-30-16-8-12(6-7-15(16)31-19-13(23)10-24-20(22)27-19)9-25-28-18(29)11-32-21-26-14-4-2-3-5-17(14)33-21/h2-10H,11H2,1H3,(H,28,29)/b25-9+. The lowest BCUT2D eigenvalue weighted by molar-refractivity contribution is -0.118. The van der Waals surface area contributed by atoms with Gasteiger partial charge in [-0.25, -0.2) is 15.4 Å². The molecule has 0 unspecified atom stereocenters. The lowest BCUT2D eigenvalue weighted by Gasteiger charge is -2.10. The highest BCUT2D eigenvalue weighted by atomic mass is 35.5. The topological polar surface area (TPSA) is 98.6 Å². The van der Waals surface area contributed by atoms with E-state index in [0.717, 1.165) is 20.8 Å². The molecule has 0 saturated heterocycles. The van der Waals surface area contributed by atoms with Gasteiger partial charge in [-0.1, -0.05) is 23.9 Å². The molecule has 2 aromatic carbocycles. The molecule has 33 heavy (non-hydrogen) atoms. The number of halogens is 2. The number of fused-ring (bicyclic) bond motifs is 1. The maximum Gasteiger partial charge on any atom is 0.260 e. The molecule has 0 aliphatic carbocycles. The Morgan fingerprint density at radius 1 is 1.27 bits per heavy atom. The minimum absolute atomic E-state index is 0.147. The molecule has 2 aromatic heterocycles. The summed E-state index contributed by atoms with van der Waals surface area (Å²) in [6.07, 6.45) is 2.37. The Morgan fingerprint density at radius 3 is 2.94 bits per heavy atom. The number of rotatable bonds is 8. The van der Waals surface area contributed by atoms with Crippen molar-refractivity contribution in [3.05, 3.63) is 65.3 Å². The molecule has 2 heterocycles. The number of thioether (sulfide) groups is 1. The van der Waals surface area contributed by atoms with Crippen molar-refractivity contribution in [3.63, 3.8) is 0 Å². The molecule has 0 atom stereocenters. The molecule has 4 aromatic rings. The number of aromatic nitrogens is 3. The molecule has 0 fully saturated rings. The number of nitrogens with zero attached hydrogens (tertiary/aromatic N) is 4. The quantitative estimate of drug-likeness (QED) is 0.158. The van der Waals surface area contributed by atoms with Crippen molar-refractivity contribution in [2.24, 2.45) is 5.10 Å². The third kappa shape index (κ3) is 5.95. The minimum atomic E-state index is -0.765. The van der Waals surface area contributed by atoms with E-state index >= 15 is 0 Å². The molecule has 0 radical (unpaired) electrons. The zero-order valence-corrected chi connectivity index (χ0v) is 19.4. The molecular formula is C21H15ClFN5O3S2. The molecular weight excluding hydrogens is 489 g/mol. The van der Waals surface area contributed by atoms with E-state index in [1.54, 1.807) is 18.2 Å². The first-order valence-electron chi connectivity index (χ1n) is 9.36. The Balaban J connectivity index is 1.34. The first-order valence-corrected chi connectivity index (χ1v) is 11.5. The van der Waals surface area contributed by atoms with Crippen molar-refractivity contribution in [1.29, 1.82) is 0 Å². The van der Waals surface area contributed by atoms with Gasteiger partial charge in [0.2, 0.25) is 11.1 Å². The largest absolute Gasteiger partial charge is 0.493 e. The summed E-state index contributed by atoms with van der Waals surface area (Å²) in [5.74, 6) is -0.643. The van der Waals surface area contributed by atoms with Gasteiger partial charge in [-0.3, -0.25) is 4.79 Å². The van der Waals surface area contributed by atoms with Crippen LogP contribution in [0.2, 0.25) is 5.28 Å². The number of ether oxygens (including phenoxy) is 2. The van der Waals surface area contributed by atoms with Crippen LogP contribution in [-0.2, 0) is 4.79 Å². The molecule has 0 bridgehead atoms. The molecule has 1 amide bonds. The fourth-order valence-electron chi connectivity index (χ4n) is 2.61. The number of hydrogen-bond acceptors (Lipinski definition) is 9. The van der Waals surface area contributed by atoms with E-state index in [0.29, 0.717) is 11.3 Å². The van der Waals surface area contributed by atoms with E-state index in [1.807, 2.05) is 24.3 Å². The van der Waals surface area contributed by atoms with Crippen LogP contribution in [0.5, 0.6) is 17.4 Å². The van der Waals surface area contributed by atoms with Gasteiger partial charge in [0.25, 0.3) is 11.8 Å². The summed E-state index contributed by atoms with van der Waals surface area (Å²) in [6, 6.07) is 12.6. The lowest BCUT2D eigenvalue weighted by Crippen LogP contribution is -2.19. The van der Waals surface area contributed by atoms with Crippen molar-refractivity contribution in [2.75, 3.05) is 12.9 Å². The lowest BCUT2D eigenvalue weighted by atomic mass is 10.2. The average Bonchev–Trinajstić information content (AvgIpc) is 3.24. The number of methoxy groups -OCH3 is 1. The monoisotopic (exact) mass is 503 g/mol. The minimum Gasteiger partial charge on any atom is -0.493 e. The van der Waals surface area contributed by atoms with Gasteiger partial charge in [-0.05, 0) is 47.5 Å². The highest BCUT2D eigenvalue weighted by Crippen LogP contribution is 2.32. The third-order valence-electron chi connectivity index (χ3n) is 4.08. The van der Waals surface area contributed by atoms with Crippen molar-refractivity contribution in [1.82, 2.24) is 20.4 Å². The van der Waals surface area contributed by atoms with E-state index in [-0.39, 0.29) is 28.6 Å². The van der Waals surface area contributed by atoms with E-state index in [1.165, 1.54) is 36.4 Å². The SMILES string of the molecule is COc1cc(/C=N/NC(=O)CSc2nc3ccccc3s2)ccc1Oc1nc(Cl)ncc1F. The summed E-state index contributed by atoms with van der Waals surface area (Å²) in [4.78, 5) is 23.8. The van der Waals surface area contributed by atoms with E-state index in [2.05, 4.69) is 25.5 Å². The van der Waals surface area contributed by atoms with E-state index in [4.69, 9.17) is 21.1 Å². The number of amides is 1. The third-order valence-corrected chi connectivity index (χ3v) is 6.44. The molecule has 0 aliphatic rings. The zero-order chi connectivity index (χ0) is 23.2. The first-order chi connectivity index (χ1) is 16.0. The predicted octanol–water partition coefficient (Wildman–Crippen LogP) is 4.92. The Bertz CT molecular complexity index is 1300. The number of nitrogens with one attached hydrogen (secondary N) is 1. The fourth-order valence-corrected chi connectivity index (χ4v) is 4.59. The smallest absolute Gasteiger partial charge is 0.260 e. The van der Waals surface area contributed by atoms with Crippen LogP contribution in [0.3, 0.4) is 0 Å². The number of benzene rings is 2. The van der Waals surface area contributed by atoms with E-state index < -0.39 is 5.82 Å². The molecule has 1 N–H and O–H groups in total. The fraction of sp³-hybridized carbons (Fsp3) is 0.0952. The van der Waals surface area contributed by atoms with Gasteiger partial charge >= 0.3 is 0 Å². The van der Waals surface area contributed by atoms with Crippen LogP contribution >= 0.6 is 34.7 Å². The van der Waals surface area contributed by atoms with Crippen LogP contribution < -0.4 is 14.9 Å². The number of carbonyl (C=O) groups excluding carboxylic acids is 1. The van der Waals surface area contributed by atoms with Gasteiger partial charge in [0.05, 0.1) is 35.5 Å². The number of carbonyl (C=O) groups is 1. The highest BCUT2D eigenvalue weighted by molar-refractivity contribution is 8.01. The number of thiazole rings is 1. The van der Waals surface area contributed by atoms with Crippen molar-refractivity contribution in [2.45, 2.75) is 4.34 Å². The molecule has 4 rings (SSSR count). The Labute approximate surface area is 200 Å². The summed E-state index contributed by atoms with van der Waals surface area (Å²) >= 11 is 8.57. The molecule has 0 spiro atoms.